The van der Waals surface area contributed by atoms with Crippen molar-refractivity contribution in [2.24, 2.45) is 0 Å². The fourth-order valence-corrected chi connectivity index (χ4v) is 1.84. The summed E-state index contributed by atoms with van der Waals surface area (Å²) in [5.74, 6) is -0.672. The predicted octanol–water partition coefficient (Wildman–Crippen LogP) is 2.15. The van der Waals surface area contributed by atoms with Crippen molar-refractivity contribution in [3.63, 3.8) is 0 Å². The molecule has 0 amide bonds. The second-order valence-electron chi connectivity index (χ2n) is 3.56. The molecular formula is C12H13NO3. The fourth-order valence-electron chi connectivity index (χ4n) is 1.84. The maximum absolute atomic E-state index is 11.4. The lowest BCUT2D eigenvalue weighted by molar-refractivity contribution is 0.387. The number of rotatable bonds is 3. The van der Waals surface area contributed by atoms with Crippen molar-refractivity contribution < 1.29 is 9.52 Å². The highest BCUT2D eigenvalue weighted by atomic mass is 16.4. The quantitative estimate of drug-likeness (QED) is 0.860. The highest BCUT2D eigenvalue weighted by molar-refractivity contribution is 5.21. The number of aromatic hydroxyl groups is 1. The molecule has 1 heterocycles. The van der Waals surface area contributed by atoms with Crippen LogP contribution in [0.5, 0.6) is 5.88 Å². The van der Waals surface area contributed by atoms with Crippen LogP contribution in [-0.2, 0) is 0 Å². The highest BCUT2D eigenvalue weighted by Gasteiger charge is 2.18. The molecular weight excluding hydrogens is 206 g/mol. The van der Waals surface area contributed by atoms with Crippen LogP contribution in [0.15, 0.2) is 45.8 Å². The molecule has 4 nitrogen and oxygen atoms in total. The summed E-state index contributed by atoms with van der Waals surface area (Å²) < 4.78 is 5.92. The largest absolute Gasteiger partial charge is 0.492 e. The van der Waals surface area contributed by atoms with Gasteiger partial charge in [0.25, 0.3) is 0 Å². The Morgan fingerprint density at radius 1 is 1.38 bits per heavy atom. The SMILES string of the molecule is CCC(c1ccccc1)n1c(O)coc1=O. The van der Waals surface area contributed by atoms with E-state index in [1.807, 2.05) is 37.3 Å². The van der Waals surface area contributed by atoms with Gasteiger partial charge in [-0.3, -0.25) is 0 Å². The monoisotopic (exact) mass is 219 g/mol. The Labute approximate surface area is 92.8 Å². The summed E-state index contributed by atoms with van der Waals surface area (Å²) in [5, 5.41) is 9.56. The van der Waals surface area contributed by atoms with Crippen LogP contribution in [0.1, 0.15) is 24.9 Å². The molecule has 0 aliphatic heterocycles. The van der Waals surface area contributed by atoms with E-state index in [0.29, 0.717) is 6.42 Å². The van der Waals surface area contributed by atoms with Gasteiger partial charge in [0.05, 0.1) is 6.04 Å². The van der Waals surface area contributed by atoms with E-state index in [2.05, 4.69) is 4.42 Å². The molecule has 1 aromatic heterocycles. The van der Waals surface area contributed by atoms with Crippen molar-refractivity contribution in [1.29, 1.82) is 0 Å². The minimum atomic E-state index is -0.534. The molecule has 1 N–H and O–H groups in total. The Kier molecular flexibility index (Phi) is 2.81. The Morgan fingerprint density at radius 2 is 2.06 bits per heavy atom. The highest BCUT2D eigenvalue weighted by Crippen LogP contribution is 2.24. The van der Waals surface area contributed by atoms with Gasteiger partial charge < -0.3 is 9.52 Å². The van der Waals surface area contributed by atoms with E-state index in [1.165, 1.54) is 4.57 Å². The fraction of sp³-hybridized carbons (Fsp3) is 0.250. The second kappa shape index (κ2) is 4.26. The zero-order valence-corrected chi connectivity index (χ0v) is 8.96. The van der Waals surface area contributed by atoms with Crippen LogP contribution in [0.4, 0.5) is 0 Å². The van der Waals surface area contributed by atoms with E-state index in [1.54, 1.807) is 0 Å². The van der Waals surface area contributed by atoms with Gasteiger partial charge in [-0.1, -0.05) is 37.3 Å². The van der Waals surface area contributed by atoms with Gasteiger partial charge in [0.1, 0.15) is 0 Å². The lowest BCUT2D eigenvalue weighted by atomic mass is 10.0. The van der Waals surface area contributed by atoms with Crippen LogP contribution in [0.3, 0.4) is 0 Å². The molecule has 0 saturated carbocycles. The molecule has 1 aromatic carbocycles. The van der Waals surface area contributed by atoms with E-state index in [0.717, 1.165) is 11.8 Å². The van der Waals surface area contributed by atoms with E-state index >= 15 is 0 Å². The molecule has 2 rings (SSSR count). The number of oxazole rings is 1. The maximum atomic E-state index is 11.4. The summed E-state index contributed by atoms with van der Waals surface area (Å²) in [6.07, 6.45) is 1.77. The van der Waals surface area contributed by atoms with Gasteiger partial charge in [-0.05, 0) is 12.0 Å². The molecule has 0 aliphatic carbocycles. The summed E-state index contributed by atoms with van der Waals surface area (Å²) in [4.78, 5) is 11.4. The lowest BCUT2D eigenvalue weighted by Crippen LogP contribution is -2.20. The van der Waals surface area contributed by atoms with Gasteiger partial charge in [-0.15, -0.1) is 0 Å². The molecule has 4 heteroatoms. The molecule has 0 bridgehead atoms. The predicted molar refractivity (Wildman–Crippen MR) is 59.5 cm³/mol. The summed E-state index contributed by atoms with van der Waals surface area (Å²) in [5.41, 5.74) is 0.976. The number of benzene rings is 1. The van der Waals surface area contributed by atoms with Gasteiger partial charge in [0.2, 0.25) is 5.88 Å². The van der Waals surface area contributed by atoms with E-state index in [4.69, 9.17) is 0 Å². The third-order valence-electron chi connectivity index (χ3n) is 2.59. The van der Waals surface area contributed by atoms with Crippen LogP contribution >= 0.6 is 0 Å². The number of hydrogen-bond donors (Lipinski definition) is 1. The van der Waals surface area contributed by atoms with Gasteiger partial charge >= 0.3 is 5.76 Å². The Hall–Kier alpha value is -1.97. The number of hydrogen-bond acceptors (Lipinski definition) is 3. The lowest BCUT2D eigenvalue weighted by Gasteiger charge is -2.15. The van der Waals surface area contributed by atoms with Crippen molar-refractivity contribution in [3.05, 3.63) is 52.7 Å². The van der Waals surface area contributed by atoms with Crippen LogP contribution in [0, 0.1) is 0 Å². The molecule has 1 atom stereocenters. The molecule has 84 valence electrons. The average molecular weight is 219 g/mol. The van der Waals surface area contributed by atoms with Crippen molar-refractivity contribution in [2.45, 2.75) is 19.4 Å². The Bertz CT molecular complexity index is 513. The summed E-state index contributed by atoms with van der Waals surface area (Å²) in [6.45, 7) is 1.95. The van der Waals surface area contributed by atoms with E-state index in [9.17, 15) is 9.90 Å². The average Bonchev–Trinajstić information content (AvgIpc) is 2.63. The first kappa shape index (κ1) is 10.5. The van der Waals surface area contributed by atoms with E-state index < -0.39 is 5.76 Å². The number of nitrogens with zero attached hydrogens (tertiary/aromatic N) is 1. The molecule has 0 fully saturated rings. The van der Waals surface area contributed by atoms with Crippen LogP contribution in [-0.4, -0.2) is 9.67 Å². The third kappa shape index (κ3) is 1.74. The maximum Gasteiger partial charge on any atom is 0.422 e. The summed E-state index contributed by atoms with van der Waals surface area (Å²) in [7, 11) is 0. The molecule has 0 spiro atoms. The Morgan fingerprint density at radius 3 is 2.56 bits per heavy atom. The standard InChI is InChI=1S/C12H13NO3/c1-2-10(9-6-4-3-5-7-9)13-11(14)8-16-12(13)15/h3-8,10,14H,2H2,1H3. The van der Waals surface area contributed by atoms with Gasteiger partial charge in [-0.25, -0.2) is 9.36 Å². The molecule has 0 radical (unpaired) electrons. The van der Waals surface area contributed by atoms with Gasteiger partial charge in [-0.2, -0.15) is 0 Å². The molecule has 2 aromatic rings. The topological polar surface area (TPSA) is 55.4 Å². The smallest absolute Gasteiger partial charge is 0.422 e. The minimum Gasteiger partial charge on any atom is -0.492 e. The summed E-state index contributed by atoms with van der Waals surface area (Å²) in [6, 6.07) is 9.38. The first-order valence-electron chi connectivity index (χ1n) is 5.18. The molecule has 1 unspecified atom stereocenters. The van der Waals surface area contributed by atoms with Gasteiger partial charge in [0, 0.05) is 0 Å². The molecule has 0 aliphatic rings. The normalized spacial score (nSPS) is 12.6. The molecule has 0 saturated heterocycles. The van der Waals surface area contributed by atoms with Crippen LogP contribution in [0.2, 0.25) is 0 Å². The summed E-state index contributed by atoms with van der Waals surface area (Å²) >= 11 is 0. The Balaban J connectivity index is 2.49. The zero-order valence-electron chi connectivity index (χ0n) is 8.96. The van der Waals surface area contributed by atoms with Crippen molar-refractivity contribution in [2.75, 3.05) is 0 Å². The van der Waals surface area contributed by atoms with Crippen molar-refractivity contribution in [3.8, 4) is 5.88 Å². The first-order valence-corrected chi connectivity index (χ1v) is 5.18. The van der Waals surface area contributed by atoms with Crippen LogP contribution < -0.4 is 5.76 Å². The van der Waals surface area contributed by atoms with E-state index in [-0.39, 0.29) is 11.9 Å². The van der Waals surface area contributed by atoms with Gasteiger partial charge in [0.15, 0.2) is 6.26 Å². The minimum absolute atomic E-state index is 0.138. The van der Waals surface area contributed by atoms with Crippen LogP contribution in [0.25, 0.3) is 0 Å². The first-order chi connectivity index (χ1) is 7.74. The van der Waals surface area contributed by atoms with Crippen molar-refractivity contribution >= 4 is 0 Å². The molecule has 16 heavy (non-hydrogen) atoms. The number of aromatic nitrogens is 1. The van der Waals surface area contributed by atoms with Crippen molar-refractivity contribution in [1.82, 2.24) is 4.57 Å². The second-order valence-corrected chi connectivity index (χ2v) is 3.56. The third-order valence-corrected chi connectivity index (χ3v) is 2.59. The zero-order chi connectivity index (χ0) is 11.5.